The zero-order valence-corrected chi connectivity index (χ0v) is 16.8. The second-order valence-electron chi connectivity index (χ2n) is 7.54. The molecule has 6 rings (SSSR count). The molecule has 10 heteroatoms. The highest BCUT2D eigenvalue weighted by Crippen LogP contribution is 2.30. The third-order valence-electron chi connectivity index (χ3n) is 5.34. The molecule has 0 bridgehead atoms. The maximum absolute atomic E-state index is 6.27. The molecule has 5 aromatic rings. The molecule has 0 saturated carbocycles. The Hall–Kier alpha value is -3.92. The first-order valence-corrected chi connectivity index (χ1v) is 10.1. The van der Waals surface area contributed by atoms with E-state index in [1.54, 1.807) is 17.1 Å². The van der Waals surface area contributed by atoms with Crippen LogP contribution in [0.15, 0.2) is 49.1 Å². The molecule has 0 amide bonds. The highest BCUT2D eigenvalue weighted by molar-refractivity contribution is 5.85. The zero-order chi connectivity index (χ0) is 20.8. The molecule has 1 fully saturated rings. The van der Waals surface area contributed by atoms with Crippen LogP contribution in [-0.2, 0) is 11.8 Å². The number of nitrogens with one attached hydrogen (secondary N) is 2. The Kier molecular flexibility index (Phi) is 4.10. The summed E-state index contributed by atoms with van der Waals surface area (Å²) in [4.78, 5) is 9.44. The standard InChI is InChI=1S/C21H20N8O2/c1-28-11-15(10-23-28)29-6-4-17-19(29)20(31-16-5-7-30-12-16)26-21(25-17)24-14-3-2-13-9-22-27-18(13)8-14/h2-4,6,8-11,16H,5,7,12H2,1H3,(H,22,27)(H,24,25,26)/t16-/m0/s1. The van der Waals surface area contributed by atoms with E-state index in [1.165, 1.54) is 0 Å². The normalized spacial score (nSPS) is 16.4. The lowest BCUT2D eigenvalue weighted by Gasteiger charge is -2.15. The molecule has 4 aromatic heterocycles. The average molecular weight is 416 g/mol. The van der Waals surface area contributed by atoms with E-state index < -0.39 is 0 Å². The molecule has 2 N–H and O–H groups in total. The van der Waals surface area contributed by atoms with Crippen LogP contribution in [0.25, 0.3) is 27.6 Å². The maximum Gasteiger partial charge on any atom is 0.244 e. The number of aromatic nitrogens is 7. The minimum absolute atomic E-state index is 0.0375. The lowest BCUT2D eigenvalue weighted by atomic mass is 10.2. The number of H-pyrrole nitrogens is 1. The van der Waals surface area contributed by atoms with Crippen molar-refractivity contribution in [1.29, 1.82) is 0 Å². The van der Waals surface area contributed by atoms with Gasteiger partial charge >= 0.3 is 0 Å². The first-order chi connectivity index (χ1) is 15.2. The van der Waals surface area contributed by atoms with Gasteiger partial charge in [0.2, 0.25) is 11.8 Å². The summed E-state index contributed by atoms with van der Waals surface area (Å²) in [5.74, 6) is 0.976. The molecule has 0 unspecified atom stereocenters. The van der Waals surface area contributed by atoms with Crippen LogP contribution in [0.3, 0.4) is 0 Å². The highest BCUT2D eigenvalue weighted by Gasteiger charge is 2.22. The minimum Gasteiger partial charge on any atom is -0.470 e. The SMILES string of the molecule is Cn1cc(-n2ccc3nc(Nc4ccc5cn[nH]c5c4)nc(O[C@H]4CCOC4)c32)cn1. The van der Waals surface area contributed by atoms with Gasteiger partial charge in [0.15, 0.2) is 0 Å². The van der Waals surface area contributed by atoms with E-state index in [1.807, 2.05) is 48.3 Å². The molecule has 1 aliphatic heterocycles. The van der Waals surface area contributed by atoms with E-state index in [4.69, 9.17) is 19.4 Å². The number of anilines is 2. The van der Waals surface area contributed by atoms with E-state index in [9.17, 15) is 0 Å². The van der Waals surface area contributed by atoms with Crippen LogP contribution in [0.2, 0.25) is 0 Å². The van der Waals surface area contributed by atoms with Crippen LogP contribution in [0.5, 0.6) is 5.88 Å². The predicted octanol–water partition coefficient (Wildman–Crippen LogP) is 2.94. The van der Waals surface area contributed by atoms with Crippen LogP contribution < -0.4 is 10.1 Å². The van der Waals surface area contributed by atoms with Crippen molar-refractivity contribution in [1.82, 2.24) is 34.5 Å². The molecule has 31 heavy (non-hydrogen) atoms. The Morgan fingerprint density at radius 2 is 2.19 bits per heavy atom. The third kappa shape index (κ3) is 3.26. The number of hydrogen-bond donors (Lipinski definition) is 2. The zero-order valence-electron chi connectivity index (χ0n) is 16.8. The largest absolute Gasteiger partial charge is 0.470 e. The molecule has 1 atom stereocenters. The second-order valence-corrected chi connectivity index (χ2v) is 7.54. The van der Waals surface area contributed by atoms with E-state index in [0.717, 1.165) is 39.7 Å². The summed E-state index contributed by atoms with van der Waals surface area (Å²) < 4.78 is 15.5. The van der Waals surface area contributed by atoms with Crippen molar-refractivity contribution in [2.45, 2.75) is 12.5 Å². The second kappa shape index (κ2) is 7.10. The number of benzene rings is 1. The Balaban J connectivity index is 1.43. The van der Waals surface area contributed by atoms with Crippen LogP contribution in [-0.4, -0.2) is 53.8 Å². The molecule has 0 aliphatic carbocycles. The fraction of sp³-hybridized carbons (Fsp3) is 0.238. The van der Waals surface area contributed by atoms with Gasteiger partial charge in [-0.3, -0.25) is 9.78 Å². The number of hydrogen-bond acceptors (Lipinski definition) is 7. The van der Waals surface area contributed by atoms with Crippen molar-refractivity contribution in [3.63, 3.8) is 0 Å². The molecule has 5 heterocycles. The number of rotatable bonds is 5. The molecule has 0 radical (unpaired) electrons. The van der Waals surface area contributed by atoms with Gasteiger partial charge in [0.1, 0.15) is 11.6 Å². The van der Waals surface area contributed by atoms with Gasteiger partial charge in [-0.15, -0.1) is 0 Å². The maximum atomic E-state index is 6.27. The summed E-state index contributed by atoms with van der Waals surface area (Å²) in [6.07, 6.45) is 8.27. The number of ether oxygens (including phenoxy) is 2. The summed E-state index contributed by atoms with van der Waals surface area (Å²) in [6, 6.07) is 7.89. The Bertz CT molecular complexity index is 1380. The van der Waals surface area contributed by atoms with Crippen molar-refractivity contribution in [2.75, 3.05) is 18.5 Å². The molecule has 1 aromatic carbocycles. The number of fused-ring (bicyclic) bond motifs is 2. The molecule has 1 aliphatic rings. The fourth-order valence-corrected chi connectivity index (χ4v) is 3.81. The van der Waals surface area contributed by atoms with Crippen molar-refractivity contribution in [3.8, 4) is 11.6 Å². The lowest BCUT2D eigenvalue weighted by molar-refractivity contribution is 0.139. The van der Waals surface area contributed by atoms with Gasteiger partial charge in [0.05, 0.1) is 42.3 Å². The average Bonchev–Trinajstić information content (AvgIpc) is 3.54. The summed E-state index contributed by atoms with van der Waals surface area (Å²) in [5, 5.41) is 15.7. The van der Waals surface area contributed by atoms with Crippen molar-refractivity contribution in [3.05, 3.63) is 49.1 Å². The monoisotopic (exact) mass is 416 g/mol. The van der Waals surface area contributed by atoms with Crippen molar-refractivity contribution >= 4 is 33.6 Å². The summed E-state index contributed by atoms with van der Waals surface area (Å²) >= 11 is 0. The first kappa shape index (κ1) is 17.9. The molecule has 1 saturated heterocycles. The van der Waals surface area contributed by atoms with E-state index in [-0.39, 0.29) is 6.10 Å². The Morgan fingerprint density at radius 1 is 1.23 bits per heavy atom. The van der Waals surface area contributed by atoms with Crippen LogP contribution >= 0.6 is 0 Å². The minimum atomic E-state index is -0.0375. The van der Waals surface area contributed by atoms with Gasteiger partial charge in [-0.1, -0.05) is 0 Å². The van der Waals surface area contributed by atoms with E-state index >= 15 is 0 Å². The van der Waals surface area contributed by atoms with E-state index in [0.29, 0.717) is 25.0 Å². The summed E-state index contributed by atoms with van der Waals surface area (Å²) in [7, 11) is 1.89. The molecule has 156 valence electrons. The van der Waals surface area contributed by atoms with Crippen molar-refractivity contribution in [2.24, 2.45) is 7.05 Å². The quantitative estimate of drug-likeness (QED) is 0.453. The Morgan fingerprint density at radius 3 is 3.03 bits per heavy atom. The van der Waals surface area contributed by atoms with E-state index in [2.05, 4.69) is 20.6 Å². The number of aryl methyl sites for hydroxylation is 1. The van der Waals surface area contributed by atoms with Gasteiger partial charge in [-0.25, -0.2) is 4.98 Å². The number of nitrogens with zero attached hydrogens (tertiary/aromatic N) is 6. The summed E-state index contributed by atoms with van der Waals surface area (Å²) in [6.45, 7) is 1.25. The molecule has 10 nitrogen and oxygen atoms in total. The van der Waals surface area contributed by atoms with Crippen LogP contribution in [0, 0.1) is 0 Å². The van der Waals surface area contributed by atoms with Gasteiger partial charge in [-0.05, 0) is 24.3 Å². The topological polar surface area (TPSA) is 108 Å². The first-order valence-electron chi connectivity index (χ1n) is 10.1. The molecule has 0 spiro atoms. The Labute approximate surface area is 176 Å². The van der Waals surface area contributed by atoms with Gasteiger partial charge in [0, 0.05) is 36.9 Å². The van der Waals surface area contributed by atoms with Crippen LogP contribution in [0.4, 0.5) is 11.6 Å². The highest BCUT2D eigenvalue weighted by atomic mass is 16.5. The molecular weight excluding hydrogens is 396 g/mol. The smallest absolute Gasteiger partial charge is 0.244 e. The van der Waals surface area contributed by atoms with Crippen LogP contribution in [0.1, 0.15) is 6.42 Å². The fourth-order valence-electron chi connectivity index (χ4n) is 3.81. The molecular formula is C21H20N8O2. The predicted molar refractivity (Wildman–Crippen MR) is 115 cm³/mol. The van der Waals surface area contributed by atoms with Crippen molar-refractivity contribution < 1.29 is 9.47 Å². The van der Waals surface area contributed by atoms with Gasteiger partial charge in [0.25, 0.3) is 0 Å². The summed E-state index contributed by atoms with van der Waals surface area (Å²) in [5.41, 5.74) is 4.29. The third-order valence-corrected chi connectivity index (χ3v) is 5.34. The van der Waals surface area contributed by atoms with Gasteiger partial charge < -0.3 is 19.4 Å². The van der Waals surface area contributed by atoms with Gasteiger partial charge in [-0.2, -0.15) is 15.2 Å². The number of aromatic amines is 1. The lowest BCUT2D eigenvalue weighted by Crippen LogP contribution is -2.17.